The first-order valence-corrected chi connectivity index (χ1v) is 11.6. The fourth-order valence-electron chi connectivity index (χ4n) is 8.24. The van der Waals surface area contributed by atoms with Gasteiger partial charge in [0.1, 0.15) is 29.7 Å². The van der Waals surface area contributed by atoms with Crippen LogP contribution in [-0.2, 0) is 19.7 Å². The molecular formula is C27H30NO3+. The highest BCUT2D eigenvalue weighted by molar-refractivity contribution is 5.97. The number of nitrogens with zero attached hydrogens (tertiary/aromatic N) is 1. The average molecular weight is 417 g/mol. The molecule has 160 valence electrons. The smallest absolute Gasteiger partial charge is 0.321 e. The third-order valence-electron chi connectivity index (χ3n) is 9.92. The maximum Gasteiger partial charge on any atom is 0.321 e. The number of likely N-dealkylation sites (N-methyl/N-ethyl adjacent to an activating group) is 1. The van der Waals surface area contributed by atoms with Crippen LogP contribution in [-0.4, -0.2) is 54.4 Å². The van der Waals surface area contributed by atoms with E-state index in [9.17, 15) is 4.79 Å². The molecule has 7 rings (SSSR count). The molecule has 3 aliphatic carbocycles. The summed E-state index contributed by atoms with van der Waals surface area (Å²) in [6.07, 6.45) is 1.31. The Morgan fingerprint density at radius 3 is 2.23 bits per heavy atom. The number of benzene rings is 2. The van der Waals surface area contributed by atoms with Gasteiger partial charge in [-0.1, -0.05) is 55.5 Å². The maximum atomic E-state index is 13.7. The Hall–Kier alpha value is -2.17. The normalized spacial score (nSPS) is 41.2. The van der Waals surface area contributed by atoms with Gasteiger partial charge in [-0.15, -0.1) is 0 Å². The minimum absolute atomic E-state index is 0.108. The maximum absolute atomic E-state index is 13.7. The highest BCUT2D eigenvalue weighted by Crippen LogP contribution is 2.93. The number of hydrogen-bond donors (Lipinski definition) is 0. The molecule has 2 aromatic carbocycles. The van der Waals surface area contributed by atoms with Crippen LogP contribution in [0.1, 0.15) is 38.3 Å². The highest BCUT2D eigenvalue weighted by Gasteiger charge is 3.10. The van der Waals surface area contributed by atoms with Gasteiger partial charge in [-0.3, -0.25) is 4.79 Å². The van der Waals surface area contributed by atoms with E-state index < -0.39 is 5.41 Å². The monoisotopic (exact) mass is 416 g/mol. The summed E-state index contributed by atoms with van der Waals surface area (Å²) in [5.74, 6) is 0.582. The topological polar surface area (TPSA) is 38.8 Å². The molecule has 31 heavy (non-hydrogen) atoms. The fourth-order valence-corrected chi connectivity index (χ4v) is 8.24. The summed E-state index contributed by atoms with van der Waals surface area (Å²) in [5, 5.41) is 0. The van der Waals surface area contributed by atoms with E-state index in [4.69, 9.17) is 9.47 Å². The Bertz CT molecular complexity index is 1130. The van der Waals surface area contributed by atoms with Gasteiger partial charge in [0, 0.05) is 11.8 Å². The molecule has 4 unspecified atom stereocenters. The van der Waals surface area contributed by atoms with Crippen molar-refractivity contribution < 1.29 is 18.8 Å². The molecule has 2 aromatic rings. The van der Waals surface area contributed by atoms with Crippen molar-refractivity contribution >= 4 is 5.97 Å². The van der Waals surface area contributed by atoms with E-state index in [1.54, 1.807) is 0 Å². The first kappa shape index (κ1) is 18.4. The summed E-state index contributed by atoms with van der Waals surface area (Å²) < 4.78 is 13.1. The van der Waals surface area contributed by atoms with Gasteiger partial charge in [-0.2, -0.15) is 0 Å². The van der Waals surface area contributed by atoms with Crippen LogP contribution >= 0.6 is 0 Å². The van der Waals surface area contributed by atoms with E-state index in [0.717, 1.165) is 33.2 Å². The fraction of sp³-hybridized carbons (Fsp3) is 0.519. The molecule has 7 atom stereocenters. The second-order valence-electron chi connectivity index (χ2n) is 11.4. The van der Waals surface area contributed by atoms with Gasteiger partial charge >= 0.3 is 5.97 Å². The molecule has 2 saturated carbocycles. The molecule has 2 heterocycles. The number of carbonyl (C=O) groups excluding carboxylic acids is 1. The number of fused-ring (bicyclic) bond motifs is 6. The Morgan fingerprint density at radius 2 is 1.65 bits per heavy atom. The number of rotatable bonds is 4. The Morgan fingerprint density at radius 1 is 1.06 bits per heavy atom. The molecule has 1 spiro atoms. The molecule has 2 aliphatic heterocycles. The third kappa shape index (κ3) is 1.72. The van der Waals surface area contributed by atoms with Gasteiger partial charge in [0.2, 0.25) is 0 Å². The zero-order valence-corrected chi connectivity index (χ0v) is 18.9. The summed E-state index contributed by atoms with van der Waals surface area (Å²) in [4.78, 5) is 13.7. The lowest BCUT2D eigenvalue weighted by Gasteiger charge is -2.69. The molecule has 4 nitrogen and oxygen atoms in total. The number of ether oxygens (including phenoxy) is 2. The van der Waals surface area contributed by atoms with Gasteiger partial charge in [0.15, 0.2) is 5.60 Å². The van der Waals surface area contributed by atoms with Crippen molar-refractivity contribution in [2.45, 2.75) is 62.5 Å². The number of quaternary nitrogens is 1. The van der Waals surface area contributed by atoms with Gasteiger partial charge in [0.05, 0.1) is 20.0 Å². The van der Waals surface area contributed by atoms with Crippen LogP contribution in [0.5, 0.6) is 0 Å². The minimum atomic E-state index is -0.758. The highest BCUT2D eigenvalue weighted by atomic mass is 16.7. The van der Waals surface area contributed by atoms with Gasteiger partial charge in [0.25, 0.3) is 0 Å². The molecule has 4 heteroatoms. The molecule has 2 saturated heterocycles. The zero-order valence-electron chi connectivity index (χ0n) is 18.9. The average Bonchev–Trinajstić information content (AvgIpc) is 3.58. The van der Waals surface area contributed by atoms with E-state index in [-0.39, 0.29) is 17.7 Å². The van der Waals surface area contributed by atoms with Crippen molar-refractivity contribution in [1.29, 1.82) is 0 Å². The molecule has 0 aromatic heterocycles. The van der Waals surface area contributed by atoms with Gasteiger partial charge < -0.3 is 14.0 Å². The molecule has 5 aliphatic rings. The lowest BCUT2D eigenvalue weighted by molar-refractivity contribution is -1.01. The Kier molecular flexibility index (Phi) is 3.01. The largest absolute Gasteiger partial charge is 0.462 e. The summed E-state index contributed by atoms with van der Waals surface area (Å²) in [6.45, 7) is 6.50. The second kappa shape index (κ2) is 5.07. The van der Waals surface area contributed by atoms with Crippen molar-refractivity contribution in [3.05, 3.63) is 59.7 Å². The standard InChI is InChI=1S/C27H30NO3/c1-15(14-20-21-22(28(20,4)5)27-23(31-27)26(21,27)3)30-24(29)25(2)18-12-8-6-10-16(18)17-11-7-9-13-19(17)25/h6-13,15,20-23H,14H2,1-5H3/q+1/t15-,20?,21?,22?,23+,26?,27+/m1/s1. The minimum Gasteiger partial charge on any atom is -0.462 e. The number of esters is 1. The number of piperidine rings is 1. The van der Waals surface area contributed by atoms with Crippen LogP contribution < -0.4 is 0 Å². The number of likely N-dealkylation sites (tertiary alicyclic amines) is 1. The van der Waals surface area contributed by atoms with Crippen molar-refractivity contribution in [1.82, 2.24) is 0 Å². The van der Waals surface area contributed by atoms with Crippen molar-refractivity contribution in [2.24, 2.45) is 11.3 Å². The molecule has 0 N–H and O–H groups in total. The van der Waals surface area contributed by atoms with Crippen LogP contribution in [0.4, 0.5) is 0 Å². The van der Waals surface area contributed by atoms with Crippen LogP contribution in [0.25, 0.3) is 11.1 Å². The van der Waals surface area contributed by atoms with E-state index >= 15 is 0 Å². The van der Waals surface area contributed by atoms with E-state index in [0.29, 0.717) is 29.5 Å². The quantitative estimate of drug-likeness (QED) is 0.431. The van der Waals surface area contributed by atoms with Crippen LogP contribution in [0, 0.1) is 11.3 Å². The molecule has 0 amide bonds. The predicted octanol–water partition coefficient (Wildman–Crippen LogP) is 3.91. The predicted molar refractivity (Wildman–Crippen MR) is 117 cm³/mol. The van der Waals surface area contributed by atoms with Crippen molar-refractivity contribution in [2.75, 3.05) is 14.1 Å². The molecule has 0 radical (unpaired) electrons. The van der Waals surface area contributed by atoms with Crippen molar-refractivity contribution in [3.63, 3.8) is 0 Å². The van der Waals surface area contributed by atoms with E-state index in [2.05, 4.69) is 52.2 Å². The summed E-state index contributed by atoms with van der Waals surface area (Å²) in [6, 6.07) is 17.7. The van der Waals surface area contributed by atoms with Crippen LogP contribution in [0.3, 0.4) is 0 Å². The lowest BCUT2D eigenvalue weighted by Crippen LogP contribution is -2.85. The first-order valence-electron chi connectivity index (χ1n) is 11.6. The van der Waals surface area contributed by atoms with Crippen molar-refractivity contribution in [3.8, 4) is 11.1 Å². The van der Waals surface area contributed by atoms with Crippen LogP contribution in [0.2, 0.25) is 0 Å². The zero-order chi connectivity index (χ0) is 21.6. The number of hydrogen-bond acceptors (Lipinski definition) is 3. The lowest BCUT2D eigenvalue weighted by atomic mass is 9.54. The molecule has 4 fully saturated rings. The summed E-state index contributed by atoms with van der Waals surface area (Å²) >= 11 is 0. The molecule has 0 bridgehead atoms. The van der Waals surface area contributed by atoms with Gasteiger partial charge in [-0.05, 0) is 36.1 Å². The SMILES string of the molecule is C[C@H](CC1C2C([C@]34O[C@H]3C24C)[N+]1(C)C)OC(=O)C1(C)c2ccccc2-c2ccccc21. The molecular weight excluding hydrogens is 386 g/mol. The number of epoxide rings is 1. The Balaban J connectivity index is 1.14. The van der Waals surface area contributed by atoms with E-state index in [1.807, 2.05) is 31.2 Å². The Labute approximate surface area is 183 Å². The summed E-state index contributed by atoms with van der Waals surface area (Å²) in [7, 11) is 4.66. The summed E-state index contributed by atoms with van der Waals surface area (Å²) in [5.41, 5.74) is 4.24. The van der Waals surface area contributed by atoms with Gasteiger partial charge in [-0.25, -0.2) is 0 Å². The van der Waals surface area contributed by atoms with Crippen LogP contribution in [0.15, 0.2) is 48.5 Å². The van der Waals surface area contributed by atoms with E-state index in [1.165, 1.54) is 0 Å². The third-order valence-corrected chi connectivity index (χ3v) is 9.92. The first-order chi connectivity index (χ1) is 14.7. The second-order valence-corrected chi connectivity index (χ2v) is 11.4. The number of carbonyl (C=O) groups is 1.